The molecule has 0 saturated carbocycles. The number of carboxylic acid groups (broad SMARTS) is 1. The molecule has 84 valence electrons. The highest BCUT2D eigenvalue weighted by Gasteiger charge is 2.17. The van der Waals surface area contributed by atoms with Gasteiger partial charge in [0, 0.05) is 12.3 Å². The van der Waals surface area contributed by atoms with Gasteiger partial charge in [-0.05, 0) is 13.8 Å². The third kappa shape index (κ3) is 1.81. The molecule has 0 aliphatic carbocycles. The minimum absolute atomic E-state index is 0.0319. The van der Waals surface area contributed by atoms with Gasteiger partial charge in [-0.3, -0.25) is 0 Å². The van der Waals surface area contributed by atoms with Gasteiger partial charge in [-0.2, -0.15) is 4.98 Å². The van der Waals surface area contributed by atoms with Crippen LogP contribution in [0.15, 0.2) is 16.7 Å². The van der Waals surface area contributed by atoms with E-state index in [1.165, 1.54) is 6.20 Å². The van der Waals surface area contributed by atoms with Crippen molar-refractivity contribution in [2.75, 3.05) is 0 Å². The van der Waals surface area contributed by atoms with Crippen LogP contribution < -0.4 is 4.74 Å². The average molecular weight is 222 g/mol. The number of hydrogen-bond donors (Lipinski definition) is 1. The first-order valence-electron chi connectivity index (χ1n) is 4.73. The van der Waals surface area contributed by atoms with E-state index in [2.05, 4.69) is 9.97 Å². The Balaban J connectivity index is 2.54. The maximum atomic E-state index is 10.7. The van der Waals surface area contributed by atoms with Crippen LogP contribution in [-0.2, 0) is 0 Å². The second kappa shape index (κ2) is 3.80. The van der Waals surface area contributed by atoms with Gasteiger partial charge in [-0.1, -0.05) is 0 Å². The first-order valence-corrected chi connectivity index (χ1v) is 4.73. The first-order chi connectivity index (χ1) is 7.58. The van der Waals surface area contributed by atoms with Crippen molar-refractivity contribution in [2.45, 2.75) is 20.0 Å². The smallest absolute Gasteiger partial charge is 0.392 e. The number of pyridine rings is 1. The van der Waals surface area contributed by atoms with E-state index in [0.717, 1.165) is 0 Å². The predicted molar refractivity (Wildman–Crippen MR) is 54.5 cm³/mol. The van der Waals surface area contributed by atoms with Crippen molar-refractivity contribution in [3.63, 3.8) is 0 Å². The lowest BCUT2D eigenvalue weighted by molar-refractivity contribution is 0.0656. The van der Waals surface area contributed by atoms with Crippen LogP contribution in [0.4, 0.5) is 0 Å². The van der Waals surface area contributed by atoms with Crippen molar-refractivity contribution in [3.05, 3.63) is 18.2 Å². The van der Waals surface area contributed by atoms with Crippen molar-refractivity contribution >= 4 is 17.2 Å². The van der Waals surface area contributed by atoms with Crippen LogP contribution in [-0.4, -0.2) is 27.1 Å². The van der Waals surface area contributed by atoms with Gasteiger partial charge >= 0.3 is 11.9 Å². The number of aromatic nitrogens is 2. The summed E-state index contributed by atoms with van der Waals surface area (Å²) in [5.41, 5.74) is 0.490. The molecule has 2 aromatic heterocycles. The largest absolute Gasteiger partial charge is 0.488 e. The van der Waals surface area contributed by atoms with Crippen LogP contribution >= 0.6 is 0 Å². The molecular weight excluding hydrogens is 212 g/mol. The maximum absolute atomic E-state index is 10.7. The SMILES string of the molecule is CC(C)Oc1ccnc2oc(C(=O)O)nc12. The van der Waals surface area contributed by atoms with E-state index in [1.807, 2.05) is 13.8 Å². The molecule has 0 aromatic carbocycles. The molecule has 0 unspecified atom stereocenters. The molecule has 0 bridgehead atoms. The molecule has 1 N–H and O–H groups in total. The Bertz CT molecular complexity index is 533. The molecule has 0 aliphatic heterocycles. The van der Waals surface area contributed by atoms with Crippen molar-refractivity contribution in [1.29, 1.82) is 0 Å². The molecule has 0 amide bonds. The van der Waals surface area contributed by atoms with E-state index in [-0.39, 0.29) is 17.7 Å². The van der Waals surface area contributed by atoms with Gasteiger partial charge in [-0.25, -0.2) is 9.78 Å². The maximum Gasteiger partial charge on any atom is 0.392 e. The molecule has 0 spiro atoms. The monoisotopic (exact) mass is 222 g/mol. The van der Waals surface area contributed by atoms with Crippen LogP contribution in [0.2, 0.25) is 0 Å². The fourth-order valence-corrected chi connectivity index (χ4v) is 1.25. The van der Waals surface area contributed by atoms with Gasteiger partial charge in [0.05, 0.1) is 6.10 Å². The lowest BCUT2D eigenvalue weighted by Crippen LogP contribution is -2.06. The fourth-order valence-electron chi connectivity index (χ4n) is 1.25. The molecule has 2 heterocycles. The molecular formula is C10H10N2O4. The number of nitrogens with zero attached hydrogens (tertiary/aromatic N) is 2. The quantitative estimate of drug-likeness (QED) is 0.850. The summed E-state index contributed by atoms with van der Waals surface area (Å²) < 4.78 is 10.4. The van der Waals surface area contributed by atoms with Gasteiger partial charge in [0.15, 0.2) is 11.3 Å². The minimum Gasteiger partial charge on any atom is -0.488 e. The summed E-state index contributed by atoms with van der Waals surface area (Å²) in [4.78, 5) is 18.4. The molecule has 6 nitrogen and oxygen atoms in total. The lowest BCUT2D eigenvalue weighted by atomic mass is 10.4. The normalized spacial score (nSPS) is 10.9. The number of aromatic carboxylic acids is 1. The van der Waals surface area contributed by atoms with Gasteiger partial charge in [0.2, 0.25) is 0 Å². The summed E-state index contributed by atoms with van der Waals surface area (Å²) in [5.74, 6) is -1.15. The number of fused-ring (bicyclic) bond motifs is 1. The average Bonchev–Trinajstić information content (AvgIpc) is 2.61. The van der Waals surface area contributed by atoms with E-state index < -0.39 is 5.97 Å². The van der Waals surface area contributed by atoms with Crippen LogP contribution in [0, 0.1) is 0 Å². The molecule has 0 saturated heterocycles. The minimum atomic E-state index is -1.23. The van der Waals surface area contributed by atoms with Gasteiger partial charge in [0.25, 0.3) is 5.71 Å². The molecule has 2 aromatic rings. The van der Waals surface area contributed by atoms with Gasteiger partial charge < -0.3 is 14.3 Å². The Morgan fingerprint density at radius 3 is 2.94 bits per heavy atom. The third-order valence-electron chi connectivity index (χ3n) is 1.81. The standard InChI is InChI=1S/C10H10N2O4/c1-5(2)15-6-3-4-11-8-7(6)12-9(16-8)10(13)14/h3-5H,1-2H3,(H,13,14). The zero-order valence-corrected chi connectivity index (χ0v) is 8.80. The molecule has 16 heavy (non-hydrogen) atoms. The topological polar surface area (TPSA) is 85.5 Å². The number of rotatable bonds is 3. The van der Waals surface area contributed by atoms with Gasteiger partial charge in [0.1, 0.15) is 0 Å². The zero-order chi connectivity index (χ0) is 11.7. The number of ether oxygens (including phenoxy) is 1. The Morgan fingerprint density at radius 1 is 1.56 bits per heavy atom. The summed E-state index contributed by atoms with van der Waals surface area (Å²) in [6.45, 7) is 3.73. The Labute approximate surface area is 90.9 Å². The summed E-state index contributed by atoms with van der Waals surface area (Å²) in [7, 11) is 0. The second-order valence-corrected chi connectivity index (χ2v) is 3.45. The number of oxazole rings is 1. The Hall–Kier alpha value is -2.11. The van der Waals surface area contributed by atoms with Crippen LogP contribution in [0.3, 0.4) is 0 Å². The molecule has 6 heteroatoms. The van der Waals surface area contributed by atoms with E-state index in [9.17, 15) is 4.79 Å². The molecule has 2 rings (SSSR count). The number of carbonyl (C=O) groups is 1. The van der Waals surface area contributed by atoms with Crippen molar-refractivity contribution in [3.8, 4) is 5.75 Å². The van der Waals surface area contributed by atoms with E-state index >= 15 is 0 Å². The van der Waals surface area contributed by atoms with Crippen molar-refractivity contribution in [1.82, 2.24) is 9.97 Å². The molecule has 0 aliphatic rings. The molecule has 0 atom stereocenters. The van der Waals surface area contributed by atoms with Gasteiger partial charge in [-0.15, -0.1) is 0 Å². The van der Waals surface area contributed by atoms with Crippen molar-refractivity contribution < 1.29 is 19.1 Å². The third-order valence-corrected chi connectivity index (χ3v) is 1.81. The predicted octanol–water partition coefficient (Wildman–Crippen LogP) is 1.71. The van der Waals surface area contributed by atoms with E-state index in [0.29, 0.717) is 11.3 Å². The highest BCUT2D eigenvalue weighted by atomic mass is 16.5. The lowest BCUT2D eigenvalue weighted by Gasteiger charge is -2.08. The molecule has 0 fully saturated rings. The van der Waals surface area contributed by atoms with Crippen LogP contribution in [0.5, 0.6) is 5.75 Å². The molecule has 0 radical (unpaired) electrons. The highest BCUT2D eigenvalue weighted by Crippen LogP contribution is 2.24. The van der Waals surface area contributed by atoms with E-state index in [1.54, 1.807) is 6.07 Å². The number of hydrogen-bond acceptors (Lipinski definition) is 5. The first kappa shape index (κ1) is 10.4. The second-order valence-electron chi connectivity index (χ2n) is 3.45. The Morgan fingerprint density at radius 2 is 2.31 bits per heavy atom. The van der Waals surface area contributed by atoms with E-state index in [4.69, 9.17) is 14.3 Å². The zero-order valence-electron chi connectivity index (χ0n) is 8.80. The van der Waals surface area contributed by atoms with Crippen molar-refractivity contribution in [2.24, 2.45) is 0 Å². The summed E-state index contributed by atoms with van der Waals surface area (Å²) >= 11 is 0. The summed E-state index contributed by atoms with van der Waals surface area (Å²) in [5, 5.41) is 8.73. The van der Waals surface area contributed by atoms with Crippen LogP contribution in [0.1, 0.15) is 24.5 Å². The fraction of sp³-hybridized carbons (Fsp3) is 0.300. The number of carboxylic acids is 1. The summed E-state index contributed by atoms with van der Waals surface area (Å²) in [6, 6.07) is 1.62. The highest BCUT2D eigenvalue weighted by molar-refractivity contribution is 5.87. The summed E-state index contributed by atoms with van der Waals surface area (Å²) in [6.07, 6.45) is 1.45. The Kier molecular flexibility index (Phi) is 2.47. The van der Waals surface area contributed by atoms with Crippen LogP contribution in [0.25, 0.3) is 11.2 Å².